The average Bonchev–Trinajstić information content (AvgIpc) is 2.65. The maximum atomic E-state index is 12.0. The van der Waals surface area contributed by atoms with E-state index in [9.17, 15) is 9.59 Å². The fourth-order valence-corrected chi connectivity index (χ4v) is 2.20. The van der Waals surface area contributed by atoms with E-state index >= 15 is 0 Å². The van der Waals surface area contributed by atoms with Gasteiger partial charge in [0, 0.05) is 6.92 Å². The van der Waals surface area contributed by atoms with Crippen LogP contribution < -0.4 is 0 Å². The number of rotatable bonds is 2. The molecule has 19 heavy (non-hydrogen) atoms. The summed E-state index contributed by atoms with van der Waals surface area (Å²) in [6.45, 7) is 5.15. The highest BCUT2D eigenvalue weighted by molar-refractivity contribution is 5.89. The third kappa shape index (κ3) is 2.76. The number of carbonyl (C=O) groups excluding carboxylic acids is 2. The lowest BCUT2D eigenvalue weighted by Gasteiger charge is -2.31. The summed E-state index contributed by atoms with van der Waals surface area (Å²) >= 11 is 0. The summed E-state index contributed by atoms with van der Waals surface area (Å²) in [5, 5.41) is 0. The number of amides is 1. The zero-order valence-corrected chi connectivity index (χ0v) is 11.3. The van der Waals surface area contributed by atoms with Crippen LogP contribution in [0.15, 0.2) is 30.3 Å². The van der Waals surface area contributed by atoms with Crippen molar-refractivity contribution in [2.75, 3.05) is 6.61 Å². The third-order valence-corrected chi connectivity index (χ3v) is 3.04. The first-order chi connectivity index (χ1) is 8.92. The smallest absolute Gasteiger partial charge is 0.340 e. The van der Waals surface area contributed by atoms with Gasteiger partial charge in [-0.05, 0) is 26.0 Å². The molecule has 1 atom stereocenters. The molecule has 0 aromatic heterocycles. The van der Waals surface area contributed by atoms with Crippen molar-refractivity contribution in [1.82, 2.24) is 4.90 Å². The molecule has 2 rings (SSSR count). The highest BCUT2D eigenvalue weighted by Crippen LogP contribution is 2.28. The third-order valence-electron chi connectivity index (χ3n) is 3.04. The van der Waals surface area contributed by atoms with Gasteiger partial charge in [-0.2, -0.15) is 0 Å². The molecule has 1 aromatic rings. The van der Waals surface area contributed by atoms with Gasteiger partial charge in [0.25, 0.3) is 0 Å². The Morgan fingerprint density at radius 1 is 1.32 bits per heavy atom. The Balaban J connectivity index is 2.11. The van der Waals surface area contributed by atoms with Crippen molar-refractivity contribution in [2.24, 2.45) is 0 Å². The molecule has 1 fully saturated rings. The van der Waals surface area contributed by atoms with Crippen LogP contribution in [-0.4, -0.2) is 35.3 Å². The van der Waals surface area contributed by atoms with Gasteiger partial charge in [-0.25, -0.2) is 4.79 Å². The minimum absolute atomic E-state index is 0.186. The van der Waals surface area contributed by atoms with Crippen LogP contribution in [0.25, 0.3) is 0 Å². The zero-order valence-electron chi connectivity index (χ0n) is 11.3. The van der Waals surface area contributed by atoms with Crippen molar-refractivity contribution in [3.63, 3.8) is 0 Å². The second-order valence-corrected chi connectivity index (χ2v) is 4.87. The molecule has 0 spiro atoms. The predicted molar refractivity (Wildman–Crippen MR) is 68.2 cm³/mol. The first-order valence-electron chi connectivity index (χ1n) is 6.12. The van der Waals surface area contributed by atoms with E-state index in [2.05, 4.69) is 0 Å². The lowest BCUT2D eigenvalue weighted by Crippen LogP contribution is -2.48. The van der Waals surface area contributed by atoms with Gasteiger partial charge in [-0.3, -0.25) is 9.69 Å². The van der Waals surface area contributed by atoms with Gasteiger partial charge in [0.1, 0.15) is 12.3 Å². The van der Waals surface area contributed by atoms with Crippen LogP contribution in [-0.2, 0) is 14.3 Å². The first kappa shape index (κ1) is 13.5. The molecule has 102 valence electrons. The van der Waals surface area contributed by atoms with Crippen molar-refractivity contribution in [3.8, 4) is 0 Å². The number of esters is 1. The molecular weight excluding hydrogens is 246 g/mol. The highest BCUT2D eigenvalue weighted by Gasteiger charge is 2.44. The first-order valence-corrected chi connectivity index (χ1v) is 6.12. The molecule has 1 saturated heterocycles. The SMILES string of the molecule is CC(=O)N1C(OC(=O)c2ccccc2)COC1(C)C. The van der Waals surface area contributed by atoms with E-state index in [-0.39, 0.29) is 12.5 Å². The predicted octanol–water partition coefficient (Wildman–Crippen LogP) is 1.78. The number of carbonyl (C=O) groups is 2. The minimum atomic E-state index is -0.756. The maximum Gasteiger partial charge on any atom is 0.340 e. The second-order valence-electron chi connectivity index (χ2n) is 4.87. The fraction of sp³-hybridized carbons (Fsp3) is 0.429. The van der Waals surface area contributed by atoms with E-state index in [0.29, 0.717) is 5.56 Å². The molecule has 1 amide bonds. The Labute approximate surface area is 112 Å². The maximum absolute atomic E-state index is 12.0. The topological polar surface area (TPSA) is 55.8 Å². The average molecular weight is 263 g/mol. The van der Waals surface area contributed by atoms with E-state index in [0.717, 1.165) is 0 Å². The van der Waals surface area contributed by atoms with Gasteiger partial charge < -0.3 is 9.47 Å². The standard InChI is InChI=1S/C14H17NO4/c1-10(16)15-12(9-18-14(15,2)3)19-13(17)11-7-5-4-6-8-11/h4-8,12H,9H2,1-3H3. The van der Waals surface area contributed by atoms with Crippen molar-refractivity contribution in [2.45, 2.75) is 32.7 Å². The summed E-state index contributed by atoms with van der Waals surface area (Å²) in [5.41, 5.74) is -0.302. The van der Waals surface area contributed by atoms with Gasteiger partial charge >= 0.3 is 5.97 Å². The number of benzene rings is 1. The summed E-state index contributed by atoms with van der Waals surface area (Å²) in [6, 6.07) is 8.67. The molecule has 5 heteroatoms. The molecule has 1 heterocycles. The van der Waals surface area contributed by atoms with Crippen molar-refractivity contribution < 1.29 is 19.1 Å². The molecule has 0 aliphatic carbocycles. The molecule has 0 radical (unpaired) electrons. The number of ether oxygens (including phenoxy) is 2. The Hall–Kier alpha value is -1.88. The second kappa shape index (κ2) is 5.01. The van der Waals surface area contributed by atoms with Gasteiger partial charge in [-0.15, -0.1) is 0 Å². The Bertz CT molecular complexity index is 483. The molecule has 0 N–H and O–H groups in total. The van der Waals surface area contributed by atoms with Gasteiger partial charge in [0.2, 0.25) is 12.1 Å². The Morgan fingerprint density at radius 3 is 2.53 bits per heavy atom. The van der Waals surface area contributed by atoms with Gasteiger partial charge in [0.05, 0.1) is 5.56 Å². The number of nitrogens with zero attached hydrogens (tertiary/aromatic N) is 1. The normalized spacial score (nSPS) is 21.2. The number of hydrogen-bond donors (Lipinski definition) is 0. The zero-order chi connectivity index (χ0) is 14.0. The van der Waals surface area contributed by atoms with Crippen molar-refractivity contribution >= 4 is 11.9 Å². The Kier molecular flexibility index (Phi) is 3.57. The van der Waals surface area contributed by atoms with E-state index in [1.54, 1.807) is 38.1 Å². The van der Waals surface area contributed by atoms with E-state index in [1.807, 2.05) is 6.07 Å². The monoisotopic (exact) mass is 263 g/mol. The van der Waals surface area contributed by atoms with Crippen LogP contribution in [0.5, 0.6) is 0 Å². The molecule has 1 unspecified atom stereocenters. The van der Waals surface area contributed by atoms with E-state index in [1.165, 1.54) is 11.8 Å². The summed E-state index contributed by atoms with van der Waals surface area (Å²) in [5.74, 6) is -0.647. The van der Waals surface area contributed by atoms with Gasteiger partial charge in [0.15, 0.2) is 0 Å². The number of hydrogen-bond acceptors (Lipinski definition) is 4. The van der Waals surface area contributed by atoms with Gasteiger partial charge in [-0.1, -0.05) is 18.2 Å². The van der Waals surface area contributed by atoms with Crippen LogP contribution >= 0.6 is 0 Å². The van der Waals surface area contributed by atoms with Crippen LogP contribution in [0.4, 0.5) is 0 Å². The minimum Gasteiger partial charge on any atom is -0.435 e. The lowest BCUT2D eigenvalue weighted by atomic mass is 10.2. The summed E-state index contributed by atoms with van der Waals surface area (Å²) in [7, 11) is 0. The van der Waals surface area contributed by atoms with Crippen LogP contribution in [0, 0.1) is 0 Å². The van der Waals surface area contributed by atoms with Crippen LogP contribution in [0.1, 0.15) is 31.1 Å². The highest BCUT2D eigenvalue weighted by atomic mass is 16.6. The molecule has 0 bridgehead atoms. The Morgan fingerprint density at radius 2 is 1.95 bits per heavy atom. The molecule has 0 saturated carbocycles. The van der Waals surface area contributed by atoms with Crippen molar-refractivity contribution in [3.05, 3.63) is 35.9 Å². The summed E-state index contributed by atoms with van der Waals surface area (Å²) in [6.07, 6.45) is -0.680. The van der Waals surface area contributed by atoms with E-state index < -0.39 is 17.9 Å². The molecule has 1 aromatic carbocycles. The molecule has 5 nitrogen and oxygen atoms in total. The molecular formula is C14H17NO4. The van der Waals surface area contributed by atoms with Crippen molar-refractivity contribution in [1.29, 1.82) is 0 Å². The molecule has 1 aliphatic rings. The van der Waals surface area contributed by atoms with Crippen LogP contribution in [0.3, 0.4) is 0 Å². The lowest BCUT2D eigenvalue weighted by molar-refractivity contribution is -0.150. The summed E-state index contributed by atoms with van der Waals surface area (Å²) in [4.78, 5) is 25.0. The van der Waals surface area contributed by atoms with Crippen LogP contribution in [0.2, 0.25) is 0 Å². The fourth-order valence-electron chi connectivity index (χ4n) is 2.20. The van der Waals surface area contributed by atoms with E-state index in [4.69, 9.17) is 9.47 Å². The quantitative estimate of drug-likeness (QED) is 0.763. The summed E-state index contributed by atoms with van der Waals surface area (Å²) < 4.78 is 10.8. The largest absolute Gasteiger partial charge is 0.435 e. The molecule has 1 aliphatic heterocycles.